The van der Waals surface area contributed by atoms with Crippen LogP contribution in [0.2, 0.25) is 0 Å². The van der Waals surface area contributed by atoms with Crippen molar-refractivity contribution in [3.8, 4) is 0 Å². The van der Waals surface area contributed by atoms with Crippen LogP contribution in [0.5, 0.6) is 0 Å². The van der Waals surface area contributed by atoms with Gasteiger partial charge in [-0.3, -0.25) is 0 Å². The lowest BCUT2D eigenvalue weighted by atomic mass is 10.1. The summed E-state index contributed by atoms with van der Waals surface area (Å²) >= 11 is 0. The maximum Gasteiger partial charge on any atom is 0.142 e. The van der Waals surface area contributed by atoms with E-state index in [1.54, 1.807) is 12.1 Å². The maximum atomic E-state index is 12.9. The Bertz CT molecular complexity index is 549. The molecular weight excluding hydrogens is 241 g/mol. The number of nitrogens with zero attached hydrogens (tertiary/aromatic N) is 1. The average Bonchev–Trinajstić information content (AvgIpc) is 2.44. The van der Waals surface area contributed by atoms with Gasteiger partial charge in [0.1, 0.15) is 18.6 Å². The van der Waals surface area contributed by atoms with Crippen molar-refractivity contribution in [1.82, 2.24) is 0 Å². The van der Waals surface area contributed by atoms with Crippen molar-refractivity contribution in [2.45, 2.75) is 20.0 Å². The average molecular weight is 256 g/mol. The Kier molecular flexibility index (Phi) is 4.67. The number of hydrogen-bond donors (Lipinski definition) is 0. The maximum absolute atomic E-state index is 12.9. The van der Waals surface area contributed by atoms with E-state index >= 15 is 0 Å². The fourth-order valence-corrected chi connectivity index (χ4v) is 1.63. The lowest BCUT2D eigenvalue weighted by Gasteiger charge is -1.99. The topological polar surface area (TPSA) is 21.6 Å². The second kappa shape index (κ2) is 6.69. The molecule has 0 fully saturated rings. The molecule has 0 N–H and O–H groups in total. The van der Waals surface area contributed by atoms with Gasteiger partial charge in [0.2, 0.25) is 0 Å². The molecule has 0 aliphatic carbocycles. The SMILES string of the molecule is CCc1ccc(/[C]=N\OCc2cccc(F)c2)cc1. The number of hydrogen-bond acceptors (Lipinski definition) is 2. The van der Waals surface area contributed by atoms with Gasteiger partial charge in [0.05, 0.1) is 0 Å². The van der Waals surface area contributed by atoms with Crippen LogP contribution in [0.4, 0.5) is 4.39 Å². The minimum absolute atomic E-state index is 0.234. The summed E-state index contributed by atoms with van der Waals surface area (Å²) in [7, 11) is 0. The fourth-order valence-electron chi connectivity index (χ4n) is 1.63. The van der Waals surface area contributed by atoms with Crippen LogP contribution in [0.1, 0.15) is 23.6 Å². The molecule has 0 saturated heterocycles. The zero-order valence-electron chi connectivity index (χ0n) is 10.8. The van der Waals surface area contributed by atoms with Crippen LogP contribution in [-0.4, -0.2) is 6.21 Å². The quantitative estimate of drug-likeness (QED) is 0.588. The first-order valence-corrected chi connectivity index (χ1v) is 6.19. The minimum Gasteiger partial charge on any atom is -0.390 e. The number of benzene rings is 2. The molecule has 0 bridgehead atoms. The Balaban J connectivity index is 1.86. The van der Waals surface area contributed by atoms with Gasteiger partial charge < -0.3 is 4.84 Å². The zero-order chi connectivity index (χ0) is 13.5. The molecule has 2 aromatic carbocycles. The van der Waals surface area contributed by atoms with Crippen molar-refractivity contribution in [3.63, 3.8) is 0 Å². The van der Waals surface area contributed by atoms with Gasteiger partial charge in [-0.2, -0.15) is 0 Å². The van der Waals surface area contributed by atoms with Gasteiger partial charge in [-0.15, -0.1) is 0 Å². The van der Waals surface area contributed by atoms with Gasteiger partial charge in [-0.1, -0.05) is 48.5 Å². The summed E-state index contributed by atoms with van der Waals surface area (Å²) in [6.45, 7) is 2.34. The Morgan fingerprint density at radius 3 is 2.58 bits per heavy atom. The summed E-state index contributed by atoms with van der Waals surface area (Å²) in [5.74, 6) is -0.274. The van der Waals surface area contributed by atoms with E-state index in [2.05, 4.69) is 18.3 Å². The van der Waals surface area contributed by atoms with Crippen LogP contribution in [0.25, 0.3) is 0 Å². The van der Waals surface area contributed by atoms with Crippen LogP contribution in [-0.2, 0) is 17.9 Å². The highest BCUT2D eigenvalue weighted by Crippen LogP contribution is 2.06. The number of rotatable bonds is 5. The molecule has 0 atom stereocenters. The van der Waals surface area contributed by atoms with E-state index in [0.717, 1.165) is 17.5 Å². The fraction of sp³-hybridized carbons (Fsp3) is 0.188. The second-order valence-electron chi connectivity index (χ2n) is 4.16. The summed E-state index contributed by atoms with van der Waals surface area (Å²) in [5, 5.41) is 3.75. The predicted molar refractivity (Wildman–Crippen MR) is 73.5 cm³/mol. The Morgan fingerprint density at radius 2 is 1.89 bits per heavy atom. The summed E-state index contributed by atoms with van der Waals surface area (Å²) < 4.78 is 12.9. The zero-order valence-corrected chi connectivity index (χ0v) is 10.8. The molecule has 0 aromatic heterocycles. The van der Waals surface area contributed by atoms with Crippen molar-refractivity contribution in [1.29, 1.82) is 0 Å². The highest BCUT2D eigenvalue weighted by Gasteiger charge is 1.95. The van der Waals surface area contributed by atoms with Crippen molar-refractivity contribution in [2.75, 3.05) is 0 Å². The Labute approximate surface area is 112 Å². The Morgan fingerprint density at radius 1 is 1.11 bits per heavy atom. The lowest BCUT2D eigenvalue weighted by Crippen LogP contribution is -1.89. The van der Waals surface area contributed by atoms with Crippen molar-refractivity contribution >= 4 is 6.21 Å². The van der Waals surface area contributed by atoms with Gasteiger partial charge in [-0.05, 0) is 29.7 Å². The van der Waals surface area contributed by atoms with E-state index in [1.165, 1.54) is 17.7 Å². The summed E-state index contributed by atoms with van der Waals surface area (Å²) in [6, 6.07) is 14.2. The first-order valence-electron chi connectivity index (χ1n) is 6.19. The van der Waals surface area contributed by atoms with Gasteiger partial charge in [0, 0.05) is 5.56 Å². The van der Waals surface area contributed by atoms with Crippen LogP contribution in [0.15, 0.2) is 53.7 Å². The third-order valence-corrected chi connectivity index (χ3v) is 2.72. The molecule has 2 rings (SSSR count). The van der Waals surface area contributed by atoms with E-state index < -0.39 is 0 Å². The molecule has 0 saturated carbocycles. The third kappa shape index (κ3) is 4.21. The van der Waals surface area contributed by atoms with Crippen LogP contribution in [0, 0.1) is 5.82 Å². The van der Waals surface area contributed by atoms with Crippen LogP contribution < -0.4 is 0 Å². The standard InChI is InChI=1S/C16H15FNO/c1-2-13-6-8-14(9-7-13)11-18-19-12-15-4-3-5-16(17)10-15/h3-10H,2,12H2,1H3. The first kappa shape index (κ1) is 13.3. The molecule has 19 heavy (non-hydrogen) atoms. The van der Waals surface area contributed by atoms with E-state index in [4.69, 9.17) is 4.84 Å². The van der Waals surface area contributed by atoms with Gasteiger partial charge in [0.25, 0.3) is 0 Å². The summed E-state index contributed by atoms with van der Waals surface area (Å²) in [5.41, 5.74) is 2.87. The first-order chi connectivity index (χ1) is 9.28. The van der Waals surface area contributed by atoms with Gasteiger partial charge in [-0.25, -0.2) is 4.39 Å². The predicted octanol–water partition coefficient (Wildman–Crippen LogP) is 3.82. The smallest absolute Gasteiger partial charge is 0.142 e. The van der Waals surface area contributed by atoms with Crippen LogP contribution >= 0.6 is 0 Å². The molecular formula is C16H15FNO. The highest BCUT2D eigenvalue weighted by atomic mass is 19.1. The highest BCUT2D eigenvalue weighted by molar-refractivity contribution is 5.79. The van der Waals surface area contributed by atoms with Crippen molar-refractivity contribution in [3.05, 3.63) is 71.0 Å². The lowest BCUT2D eigenvalue weighted by molar-refractivity contribution is 0.132. The molecule has 0 aliphatic heterocycles. The number of aryl methyl sites for hydroxylation is 1. The third-order valence-electron chi connectivity index (χ3n) is 2.72. The molecule has 1 radical (unpaired) electrons. The Hall–Kier alpha value is -2.16. The van der Waals surface area contributed by atoms with Gasteiger partial charge >= 0.3 is 0 Å². The molecule has 3 heteroatoms. The molecule has 0 amide bonds. The molecule has 97 valence electrons. The summed E-state index contributed by atoms with van der Waals surface area (Å²) in [6.07, 6.45) is 3.80. The van der Waals surface area contributed by atoms with E-state index in [-0.39, 0.29) is 12.4 Å². The summed E-state index contributed by atoms with van der Waals surface area (Å²) in [4.78, 5) is 5.08. The van der Waals surface area contributed by atoms with E-state index in [0.29, 0.717) is 0 Å². The second-order valence-corrected chi connectivity index (χ2v) is 4.16. The molecule has 0 spiro atoms. The van der Waals surface area contributed by atoms with E-state index in [1.807, 2.05) is 24.3 Å². The largest absolute Gasteiger partial charge is 0.390 e. The van der Waals surface area contributed by atoms with Crippen molar-refractivity contribution < 1.29 is 9.23 Å². The normalized spacial score (nSPS) is 10.8. The number of halogens is 1. The molecule has 2 nitrogen and oxygen atoms in total. The molecule has 2 aromatic rings. The molecule has 0 aliphatic rings. The molecule has 0 unspecified atom stereocenters. The molecule has 0 heterocycles. The monoisotopic (exact) mass is 256 g/mol. The van der Waals surface area contributed by atoms with E-state index in [9.17, 15) is 4.39 Å². The minimum atomic E-state index is -0.274. The van der Waals surface area contributed by atoms with Gasteiger partial charge in [0.15, 0.2) is 0 Å². The van der Waals surface area contributed by atoms with Crippen molar-refractivity contribution in [2.24, 2.45) is 5.16 Å². The van der Waals surface area contributed by atoms with Crippen LogP contribution in [0.3, 0.4) is 0 Å².